The molecule has 0 atom stereocenters. The van der Waals surface area contributed by atoms with E-state index in [1.807, 2.05) is 48.5 Å². The molecule has 0 radical (unpaired) electrons. The quantitative estimate of drug-likeness (QED) is 0.750. The van der Waals surface area contributed by atoms with E-state index in [0.717, 1.165) is 16.5 Å². The zero-order valence-electron chi connectivity index (χ0n) is 10.7. The highest BCUT2D eigenvalue weighted by atomic mass is 35.5. The van der Waals surface area contributed by atoms with Gasteiger partial charge in [0.05, 0.1) is 6.61 Å². The van der Waals surface area contributed by atoms with Crippen LogP contribution in [0.15, 0.2) is 60.7 Å². The van der Waals surface area contributed by atoms with Crippen LogP contribution in [0.5, 0.6) is 11.5 Å². The molecule has 2 nitrogen and oxygen atoms in total. The summed E-state index contributed by atoms with van der Waals surface area (Å²) in [6, 6.07) is 19.2. The van der Waals surface area contributed by atoms with Crippen LogP contribution in [0.3, 0.4) is 0 Å². The Morgan fingerprint density at radius 2 is 1.55 bits per heavy atom. The molecule has 100 valence electrons. The molecule has 0 aliphatic rings. The summed E-state index contributed by atoms with van der Waals surface area (Å²) in [6.07, 6.45) is 0. The summed E-state index contributed by atoms with van der Waals surface area (Å²) in [5.41, 5.74) is 0.599. The first-order valence-electron chi connectivity index (χ1n) is 6.33. The third kappa shape index (κ3) is 2.36. The lowest BCUT2D eigenvalue weighted by Gasteiger charge is -2.12. The first-order valence-corrected chi connectivity index (χ1v) is 6.71. The van der Waals surface area contributed by atoms with Gasteiger partial charge in [0, 0.05) is 16.0 Å². The highest BCUT2D eigenvalue weighted by Crippen LogP contribution is 2.34. The lowest BCUT2D eigenvalue weighted by atomic mass is 10.1. The highest BCUT2D eigenvalue weighted by Gasteiger charge is 2.09. The molecule has 3 rings (SSSR count). The van der Waals surface area contributed by atoms with Gasteiger partial charge in [-0.15, -0.1) is 0 Å². The Hall–Kier alpha value is -2.03. The Balaban J connectivity index is 2.08. The van der Waals surface area contributed by atoms with Crippen molar-refractivity contribution >= 4 is 22.4 Å². The van der Waals surface area contributed by atoms with Crippen molar-refractivity contribution in [3.05, 3.63) is 71.2 Å². The van der Waals surface area contributed by atoms with Crippen molar-refractivity contribution in [2.45, 2.75) is 6.61 Å². The summed E-state index contributed by atoms with van der Waals surface area (Å²) in [5, 5.41) is 12.1. The largest absolute Gasteiger partial charge is 0.456 e. The second-order valence-corrected chi connectivity index (χ2v) is 4.86. The van der Waals surface area contributed by atoms with Crippen LogP contribution in [-0.2, 0) is 6.61 Å². The maximum atomic E-state index is 9.43. The summed E-state index contributed by atoms with van der Waals surface area (Å²) < 4.78 is 5.95. The molecule has 0 aromatic heterocycles. The van der Waals surface area contributed by atoms with Gasteiger partial charge in [-0.1, -0.05) is 54.1 Å². The number of hydrogen-bond donors (Lipinski definition) is 1. The molecule has 3 heteroatoms. The van der Waals surface area contributed by atoms with Crippen LogP contribution in [0.2, 0.25) is 5.02 Å². The van der Waals surface area contributed by atoms with Crippen LogP contribution in [-0.4, -0.2) is 5.11 Å². The van der Waals surface area contributed by atoms with Gasteiger partial charge in [0.1, 0.15) is 11.5 Å². The fraction of sp³-hybridized carbons (Fsp3) is 0.0588. The lowest BCUT2D eigenvalue weighted by Crippen LogP contribution is -1.93. The third-order valence-corrected chi connectivity index (χ3v) is 3.56. The number of fused-ring (bicyclic) bond motifs is 1. The summed E-state index contributed by atoms with van der Waals surface area (Å²) in [5.74, 6) is 1.33. The lowest BCUT2D eigenvalue weighted by molar-refractivity contribution is 0.277. The van der Waals surface area contributed by atoms with E-state index in [2.05, 4.69) is 0 Å². The van der Waals surface area contributed by atoms with Gasteiger partial charge in [0.2, 0.25) is 0 Å². The minimum Gasteiger partial charge on any atom is -0.456 e. The number of aliphatic hydroxyl groups is 1. The standard InChI is InChI=1S/C17H13ClO2/c18-15-8-4-10-17(14(15)11-19)20-16-9-3-6-12-5-1-2-7-13(12)16/h1-10,19H,11H2. The van der Waals surface area contributed by atoms with E-state index in [4.69, 9.17) is 16.3 Å². The fourth-order valence-electron chi connectivity index (χ4n) is 2.19. The zero-order chi connectivity index (χ0) is 13.9. The fourth-order valence-corrected chi connectivity index (χ4v) is 2.42. The molecule has 3 aromatic rings. The van der Waals surface area contributed by atoms with E-state index < -0.39 is 0 Å². The molecule has 0 fully saturated rings. The second-order valence-electron chi connectivity index (χ2n) is 4.45. The van der Waals surface area contributed by atoms with Crippen molar-refractivity contribution in [3.8, 4) is 11.5 Å². The molecule has 0 amide bonds. The molecular formula is C17H13ClO2. The predicted octanol–water partition coefficient (Wildman–Crippen LogP) is 4.78. The number of benzene rings is 3. The third-order valence-electron chi connectivity index (χ3n) is 3.20. The Kier molecular flexibility index (Phi) is 3.59. The minimum absolute atomic E-state index is 0.153. The van der Waals surface area contributed by atoms with Crippen molar-refractivity contribution in [2.24, 2.45) is 0 Å². The second kappa shape index (κ2) is 5.53. The van der Waals surface area contributed by atoms with E-state index in [0.29, 0.717) is 16.3 Å². The first-order chi connectivity index (χ1) is 9.79. The summed E-state index contributed by atoms with van der Waals surface area (Å²) in [4.78, 5) is 0. The maximum Gasteiger partial charge on any atom is 0.135 e. The maximum absolute atomic E-state index is 9.43. The molecule has 0 heterocycles. The normalized spacial score (nSPS) is 10.7. The van der Waals surface area contributed by atoms with Gasteiger partial charge in [-0.05, 0) is 23.6 Å². The number of hydrogen-bond acceptors (Lipinski definition) is 2. The van der Waals surface area contributed by atoms with Crippen molar-refractivity contribution in [1.29, 1.82) is 0 Å². The summed E-state index contributed by atoms with van der Waals surface area (Å²) in [6.45, 7) is -0.153. The topological polar surface area (TPSA) is 29.5 Å². The van der Waals surface area contributed by atoms with Crippen molar-refractivity contribution in [3.63, 3.8) is 0 Å². The molecule has 0 spiro atoms. The SMILES string of the molecule is OCc1c(Cl)cccc1Oc1cccc2ccccc12. The van der Waals surface area contributed by atoms with Crippen LogP contribution in [0.25, 0.3) is 10.8 Å². The average Bonchev–Trinajstić information content (AvgIpc) is 2.48. The van der Waals surface area contributed by atoms with Crippen LogP contribution < -0.4 is 4.74 Å². The van der Waals surface area contributed by atoms with Gasteiger partial charge in [0.25, 0.3) is 0 Å². The summed E-state index contributed by atoms with van der Waals surface area (Å²) in [7, 11) is 0. The molecule has 0 saturated carbocycles. The smallest absolute Gasteiger partial charge is 0.135 e. The van der Waals surface area contributed by atoms with Crippen molar-refractivity contribution in [2.75, 3.05) is 0 Å². The Morgan fingerprint density at radius 1 is 0.850 bits per heavy atom. The van der Waals surface area contributed by atoms with Crippen LogP contribution in [0.1, 0.15) is 5.56 Å². The summed E-state index contributed by atoms with van der Waals surface area (Å²) >= 11 is 6.07. The van der Waals surface area contributed by atoms with E-state index in [9.17, 15) is 5.11 Å². The van der Waals surface area contributed by atoms with E-state index in [1.165, 1.54) is 0 Å². The molecule has 3 aromatic carbocycles. The monoisotopic (exact) mass is 284 g/mol. The Labute approximate surface area is 122 Å². The molecule has 0 aliphatic heterocycles. The average molecular weight is 285 g/mol. The number of rotatable bonds is 3. The molecule has 0 aliphatic carbocycles. The van der Waals surface area contributed by atoms with Crippen molar-refractivity contribution in [1.82, 2.24) is 0 Å². The molecular weight excluding hydrogens is 272 g/mol. The van der Waals surface area contributed by atoms with Crippen LogP contribution >= 0.6 is 11.6 Å². The molecule has 1 N–H and O–H groups in total. The van der Waals surface area contributed by atoms with Gasteiger partial charge in [-0.2, -0.15) is 0 Å². The van der Waals surface area contributed by atoms with Crippen LogP contribution in [0, 0.1) is 0 Å². The van der Waals surface area contributed by atoms with Crippen LogP contribution in [0.4, 0.5) is 0 Å². The van der Waals surface area contributed by atoms with Crippen molar-refractivity contribution < 1.29 is 9.84 Å². The zero-order valence-corrected chi connectivity index (χ0v) is 11.5. The van der Waals surface area contributed by atoms with E-state index >= 15 is 0 Å². The first kappa shape index (κ1) is 13.0. The Morgan fingerprint density at radius 3 is 2.40 bits per heavy atom. The molecule has 0 saturated heterocycles. The van der Waals surface area contributed by atoms with E-state index in [1.54, 1.807) is 12.1 Å². The van der Waals surface area contributed by atoms with Gasteiger partial charge in [-0.25, -0.2) is 0 Å². The van der Waals surface area contributed by atoms with Gasteiger partial charge in [0.15, 0.2) is 0 Å². The minimum atomic E-state index is -0.153. The molecule has 0 bridgehead atoms. The Bertz CT molecular complexity index is 748. The number of ether oxygens (including phenoxy) is 1. The highest BCUT2D eigenvalue weighted by molar-refractivity contribution is 6.31. The number of aliphatic hydroxyl groups excluding tert-OH is 1. The number of halogens is 1. The molecule has 20 heavy (non-hydrogen) atoms. The van der Waals surface area contributed by atoms with Gasteiger partial charge >= 0.3 is 0 Å². The van der Waals surface area contributed by atoms with Gasteiger partial charge in [-0.3, -0.25) is 0 Å². The predicted molar refractivity (Wildman–Crippen MR) is 81.4 cm³/mol. The molecule has 0 unspecified atom stereocenters. The van der Waals surface area contributed by atoms with E-state index in [-0.39, 0.29) is 6.61 Å². The van der Waals surface area contributed by atoms with Gasteiger partial charge < -0.3 is 9.84 Å².